The van der Waals surface area contributed by atoms with Crippen LogP contribution in [0.5, 0.6) is 0 Å². The number of carbonyl (C=O) groups is 1. The van der Waals surface area contributed by atoms with Gasteiger partial charge in [-0.15, -0.1) is 0 Å². The number of rotatable bonds is 11. The third-order valence-electron chi connectivity index (χ3n) is 8.22. The Balaban J connectivity index is 1.39. The molecule has 46 heavy (non-hydrogen) atoms. The van der Waals surface area contributed by atoms with Crippen LogP contribution in [0.1, 0.15) is 43.6 Å². The molecule has 0 aliphatic carbocycles. The summed E-state index contributed by atoms with van der Waals surface area (Å²) >= 11 is 7.31. The first-order valence-corrected chi connectivity index (χ1v) is 16.3. The molecule has 5 rings (SSSR count). The van der Waals surface area contributed by atoms with Gasteiger partial charge in [0.1, 0.15) is 13.0 Å². The smallest absolute Gasteiger partial charge is 0.416 e. The Morgan fingerprint density at radius 1 is 1.17 bits per heavy atom. The highest BCUT2D eigenvalue weighted by atomic mass is 35.5. The van der Waals surface area contributed by atoms with Gasteiger partial charge in [-0.2, -0.15) is 17.6 Å². The number of benzene rings is 1. The Morgan fingerprint density at radius 3 is 2.67 bits per heavy atom. The lowest BCUT2D eigenvalue weighted by molar-refractivity contribution is -0.143. The van der Waals surface area contributed by atoms with Crippen LogP contribution in [0.15, 0.2) is 24.5 Å². The van der Waals surface area contributed by atoms with Gasteiger partial charge in [0.15, 0.2) is 16.8 Å². The van der Waals surface area contributed by atoms with Crippen molar-refractivity contribution in [2.45, 2.75) is 57.9 Å². The second-order valence-electron chi connectivity index (χ2n) is 11.3. The first-order valence-electron chi connectivity index (χ1n) is 15.1. The number of esters is 1. The van der Waals surface area contributed by atoms with Crippen molar-refractivity contribution in [3.63, 3.8) is 0 Å². The molecule has 0 amide bonds. The van der Waals surface area contributed by atoms with Gasteiger partial charge in [0.05, 0.1) is 30.3 Å². The summed E-state index contributed by atoms with van der Waals surface area (Å²) in [5.41, 5.74) is -0.371. The molecule has 0 unspecified atom stereocenters. The molecule has 0 spiro atoms. The van der Waals surface area contributed by atoms with E-state index in [-0.39, 0.29) is 58.9 Å². The number of hydrogen-bond acceptors (Lipinski definition) is 10. The van der Waals surface area contributed by atoms with Gasteiger partial charge in [0, 0.05) is 54.2 Å². The average molecular weight is 688 g/mol. The number of likely N-dealkylation sites (tertiary alicyclic amines) is 1. The second kappa shape index (κ2) is 14.7. The largest absolute Gasteiger partial charge is 0.466 e. The maximum absolute atomic E-state index is 15.9. The monoisotopic (exact) mass is 687 g/mol. The topological polar surface area (TPSA) is 86.7 Å². The highest BCUT2D eigenvalue weighted by Crippen LogP contribution is 2.39. The first kappa shape index (κ1) is 34.2. The lowest BCUT2D eigenvalue weighted by atomic mass is 10.1. The lowest BCUT2D eigenvalue weighted by Crippen LogP contribution is -2.55. The zero-order valence-corrected chi connectivity index (χ0v) is 27.0. The van der Waals surface area contributed by atoms with E-state index in [9.17, 15) is 22.4 Å². The summed E-state index contributed by atoms with van der Waals surface area (Å²) in [6, 6.07) is 3.02. The molecule has 2 aromatic heterocycles. The normalized spacial score (nSPS) is 19.5. The van der Waals surface area contributed by atoms with Crippen LogP contribution in [0.3, 0.4) is 0 Å². The third kappa shape index (κ3) is 8.04. The van der Waals surface area contributed by atoms with Crippen LogP contribution in [0, 0.1) is 5.82 Å². The minimum atomic E-state index is -4.60. The van der Waals surface area contributed by atoms with Crippen molar-refractivity contribution in [2.75, 3.05) is 56.2 Å². The van der Waals surface area contributed by atoms with Gasteiger partial charge in [0.25, 0.3) is 0 Å². The molecule has 16 heteroatoms. The van der Waals surface area contributed by atoms with E-state index in [1.54, 1.807) is 11.8 Å². The molecule has 2 aliphatic rings. The van der Waals surface area contributed by atoms with Crippen molar-refractivity contribution < 1.29 is 31.5 Å². The SMILES string of the molecule is CCOC(=O)CCN1CCN(c2ncnc(Nc3nc(-c4cc(Cl)cc(C(F)(F)F)c4)c(CN4CCC[C@H]4C)s3)c2F)C[C@@H]1CF. The second-order valence-corrected chi connectivity index (χ2v) is 12.8. The summed E-state index contributed by atoms with van der Waals surface area (Å²) in [5.74, 6) is -1.32. The predicted octanol–water partition coefficient (Wildman–Crippen LogP) is 6.55. The standard InChI is InChI=1S/C30H35ClF5N7O2S/c1-3-45-24(44)6-8-41-9-10-43(15-22(41)14-32)28-25(33)27(37-17-38-28)40-29-39-26(23(46-29)16-42-7-4-5-18(42)2)19-11-20(30(34,35)36)13-21(31)12-19/h11-13,17-18,22H,3-10,14-16H2,1-2H3,(H,37,38,39,40)/t18-,22+/m1/s1. The number of nitrogens with one attached hydrogen (secondary N) is 1. The Hall–Kier alpha value is -3.14. The van der Waals surface area contributed by atoms with Crippen molar-refractivity contribution in [3.8, 4) is 11.3 Å². The minimum Gasteiger partial charge on any atom is -0.466 e. The summed E-state index contributed by atoms with van der Waals surface area (Å²) < 4.78 is 75.8. The van der Waals surface area contributed by atoms with Crippen LogP contribution >= 0.6 is 22.9 Å². The van der Waals surface area contributed by atoms with Crippen LogP contribution < -0.4 is 10.2 Å². The van der Waals surface area contributed by atoms with Gasteiger partial charge in [-0.05, 0) is 51.4 Å². The number of halogens is 6. The molecule has 0 bridgehead atoms. The fraction of sp³-hybridized carbons (Fsp3) is 0.533. The fourth-order valence-electron chi connectivity index (χ4n) is 5.80. The first-order chi connectivity index (χ1) is 22.0. The fourth-order valence-corrected chi connectivity index (χ4v) is 7.05. The van der Waals surface area contributed by atoms with Crippen LogP contribution in [0.2, 0.25) is 5.02 Å². The van der Waals surface area contributed by atoms with Crippen LogP contribution in [-0.2, 0) is 22.3 Å². The number of anilines is 3. The van der Waals surface area contributed by atoms with Gasteiger partial charge in [0.2, 0.25) is 5.82 Å². The van der Waals surface area contributed by atoms with E-state index < -0.39 is 30.3 Å². The van der Waals surface area contributed by atoms with E-state index in [0.717, 1.165) is 31.5 Å². The van der Waals surface area contributed by atoms with Crippen molar-refractivity contribution in [3.05, 3.63) is 45.8 Å². The Kier molecular flexibility index (Phi) is 11.0. The molecule has 3 aromatic rings. The number of alkyl halides is 4. The zero-order chi connectivity index (χ0) is 33.0. The van der Waals surface area contributed by atoms with E-state index in [1.165, 1.54) is 23.7 Å². The van der Waals surface area contributed by atoms with Crippen LogP contribution in [-0.4, -0.2) is 88.8 Å². The molecule has 250 valence electrons. The molecule has 1 aromatic carbocycles. The minimum absolute atomic E-state index is 0.0199. The number of piperazine rings is 1. The molecular formula is C30H35ClF5N7O2S. The average Bonchev–Trinajstić information content (AvgIpc) is 3.61. The maximum atomic E-state index is 15.9. The number of ether oxygens (including phenoxy) is 1. The Labute approximate surface area is 272 Å². The summed E-state index contributed by atoms with van der Waals surface area (Å²) in [7, 11) is 0. The summed E-state index contributed by atoms with van der Waals surface area (Å²) in [4.78, 5) is 31.0. The molecule has 0 radical (unpaired) electrons. The van der Waals surface area contributed by atoms with Gasteiger partial charge in [-0.25, -0.2) is 19.3 Å². The van der Waals surface area contributed by atoms with E-state index >= 15 is 4.39 Å². The zero-order valence-electron chi connectivity index (χ0n) is 25.4. The number of thiazole rings is 1. The van der Waals surface area contributed by atoms with Crippen LogP contribution in [0.4, 0.5) is 38.7 Å². The predicted molar refractivity (Wildman–Crippen MR) is 167 cm³/mol. The molecule has 9 nitrogen and oxygen atoms in total. The number of aromatic nitrogens is 3. The summed E-state index contributed by atoms with van der Waals surface area (Å²) in [6.45, 7) is 5.85. The van der Waals surface area contributed by atoms with Gasteiger partial charge in [-0.1, -0.05) is 22.9 Å². The summed E-state index contributed by atoms with van der Waals surface area (Å²) in [5, 5.41) is 3.06. The molecular weight excluding hydrogens is 653 g/mol. The van der Waals surface area contributed by atoms with Gasteiger partial charge >= 0.3 is 12.1 Å². The van der Waals surface area contributed by atoms with Crippen molar-refractivity contribution in [1.82, 2.24) is 24.8 Å². The Morgan fingerprint density at radius 2 is 1.98 bits per heavy atom. The quantitative estimate of drug-likeness (QED) is 0.178. The lowest BCUT2D eigenvalue weighted by Gasteiger charge is -2.40. The molecule has 2 saturated heterocycles. The Bertz CT molecular complexity index is 1530. The van der Waals surface area contributed by atoms with E-state index in [4.69, 9.17) is 16.3 Å². The molecule has 4 heterocycles. The third-order valence-corrected chi connectivity index (χ3v) is 9.39. The van der Waals surface area contributed by atoms with Gasteiger partial charge in [-0.3, -0.25) is 14.6 Å². The van der Waals surface area contributed by atoms with E-state index in [2.05, 4.69) is 32.1 Å². The van der Waals surface area contributed by atoms with Crippen LogP contribution in [0.25, 0.3) is 11.3 Å². The van der Waals surface area contributed by atoms with E-state index in [1.807, 2.05) is 4.90 Å². The highest BCUT2D eigenvalue weighted by molar-refractivity contribution is 7.16. The molecule has 2 atom stereocenters. The highest BCUT2D eigenvalue weighted by Gasteiger charge is 2.33. The van der Waals surface area contributed by atoms with Crippen molar-refractivity contribution in [1.29, 1.82) is 0 Å². The number of hydrogen-bond donors (Lipinski definition) is 1. The molecule has 2 fully saturated rings. The molecule has 1 N–H and O–H groups in total. The number of nitrogens with zero attached hydrogens (tertiary/aromatic N) is 6. The molecule has 0 saturated carbocycles. The number of carbonyl (C=O) groups excluding carboxylic acids is 1. The van der Waals surface area contributed by atoms with Crippen molar-refractivity contribution >= 4 is 45.7 Å². The van der Waals surface area contributed by atoms with Gasteiger partial charge < -0.3 is 15.0 Å². The maximum Gasteiger partial charge on any atom is 0.416 e. The van der Waals surface area contributed by atoms with Crippen molar-refractivity contribution in [2.24, 2.45) is 0 Å². The summed E-state index contributed by atoms with van der Waals surface area (Å²) in [6.07, 6.45) is -1.28. The molecule has 2 aliphatic heterocycles. The van der Waals surface area contributed by atoms with E-state index in [0.29, 0.717) is 36.8 Å².